The molecule has 0 atom stereocenters. The summed E-state index contributed by atoms with van der Waals surface area (Å²) in [5.74, 6) is 0. The van der Waals surface area contributed by atoms with Crippen LogP contribution >= 0.6 is 0 Å². The van der Waals surface area contributed by atoms with Crippen LogP contribution in [0.5, 0.6) is 0 Å². The number of aryl methyl sites for hydroxylation is 4. The average molecular weight is 363 g/mol. The third-order valence-electron chi connectivity index (χ3n) is 5.38. The first-order chi connectivity index (χ1) is 13.7. The Morgan fingerprint density at radius 2 is 0.607 bits per heavy atom. The zero-order chi connectivity index (χ0) is 19.3. The van der Waals surface area contributed by atoms with Crippen molar-refractivity contribution < 1.29 is 0 Å². The Hall–Kier alpha value is -3.12. The van der Waals surface area contributed by atoms with E-state index >= 15 is 0 Å². The highest BCUT2D eigenvalue weighted by molar-refractivity contribution is 5.65. The van der Waals surface area contributed by atoms with Crippen molar-refractivity contribution in [2.24, 2.45) is 0 Å². The highest BCUT2D eigenvalue weighted by Crippen LogP contribution is 2.22. The Balaban J connectivity index is 1.39. The van der Waals surface area contributed by atoms with Gasteiger partial charge in [0.05, 0.1) is 0 Å². The Labute approximate surface area is 168 Å². The molecule has 0 aliphatic rings. The van der Waals surface area contributed by atoms with E-state index in [1.54, 1.807) is 0 Å². The van der Waals surface area contributed by atoms with Crippen LogP contribution in [0.1, 0.15) is 22.3 Å². The lowest BCUT2D eigenvalue weighted by Gasteiger charge is -2.07. The fraction of sp³-hybridized carbons (Fsp3) is 0.143. The van der Waals surface area contributed by atoms with Gasteiger partial charge in [-0.15, -0.1) is 0 Å². The van der Waals surface area contributed by atoms with Crippen LogP contribution in [0.25, 0.3) is 22.3 Å². The highest BCUT2D eigenvalue weighted by Gasteiger charge is 2.01. The van der Waals surface area contributed by atoms with Crippen LogP contribution in [0.15, 0.2) is 97.1 Å². The molecule has 0 radical (unpaired) electrons. The van der Waals surface area contributed by atoms with Gasteiger partial charge in [0.25, 0.3) is 0 Å². The van der Waals surface area contributed by atoms with Crippen molar-refractivity contribution in [3.05, 3.63) is 119 Å². The number of rotatable bonds is 5. The standard InChI is InChI=1S/C28H26/c1-21-3-13-25(14-4-21)27-17-9-23(10-18-27)7-8-24-11-19-28(20-12-24)26-15-5-22(2)6-16-26/h3-6,9-20H,7-8H2,1-2H3. The van der Waals surface area contributed by atoms with Crippen molar-refractivity contribution in [1.29, 1.82) is 0 Å². The summed E-state index contributed by atoms with van der Waals surface area (Å²) in [6.45, 7) is 4.25. The van der Waals surface area contributed by atoms with Crippen LogP contribution in [0, 0.1) is 13.8 Å². The van der Waals surface area contributed by atoms with Gasteiger partial charge in [0.2, 0.25) is 0 Å². The fourth-order valence-corrected chi connectivity index (χ4v) is 3.51. The summed E-state index contributed by atoms with van der Waals surface area (Å²) in [6, 6.07) is 35.4. The summed E-state index contributed by atoms with van der Waals surface area (Å²) in [5.41, 5.74) is 10.5. The van der Waals surface area contributed by atoms with Crippen LogP contribution in [0.2, 0.25) is 0 Å². The molecule has 4 rings (SSSR count). The topological polar surface area (TPSA) is 0 Å². The van der Waals surface area contributed by atoms with Gasteiger partial charge in [-0.2, -0.15) is 0 Å². The minimum absolute atomic E-state index is 1.07. The smallest absolute Gasteiger partial charge is 0.0184 e. The van der Waals surface area contributed by atoms with Gasteiger partial charge in [0.1, 0.15) is 0 Å². The lowest BCUT2D eigenvalue weighted by atomic mass is 9.98. The van der Waals surface area contributed by atoms with E-state index in [1.807, 2.05) is 0 Å². The molecule has 138 valence electrons. The van der Waals surface area contributed by atoms with Crippen LogP contribution in [-0.2, 0) is 12.8 Å². The van der Waals surface area contributed by atoms with E-state index in [1.165, 1.54) is 44.5 Å². The van der Waals surface area contributed by atoms with E-state index in [9.17, 15) is 0 Å². The second kappa shape index (κ2) is 8.27. The van der Waals surface area contributed by atoms with Gasteiger partial charge < -0.3 is 0 Å². The zero-order valence-corrected chi connectivity index (χ0v) is 16.7. The van der Waals surface area contributed by atoms with Gasteiger partial charge in [0.15, 0.2) is 0 Å². The van der Waals surface area contributed by atoms with Crippen molar-refractivity contribution in [2.75, 3.05) is 0 Å². The molecule has 0 amide bonds. The van der Waals surface area contributed by atoms with Crippen LogP contribution < -0.4 is 0 Å². The monoisotopic (exact) mass is 362 g/mol. The third kappa shape index (κ3) is 4.40. The van der Waals surface area contributed by atoms with Gasteiger partial charge in [-0.25, -0.2) is 0 Å². The molecule has 0 bridgehead atoms. The SMILES string of the molecule is Cc1ccc(-c2ccc(CCc3ccc(-c4ccc(C)cc4)cc3)cc2)cc1. The number of benzene rings is 4. The molecule has 0 saturated heterocycles. The Morgan fingerprint density at radius 1 is 0.357 bits per heavy atom. The van der Waals surface area contributed by atoms with Gasteiger partial charge >= 0.3 is 0 Å². The molecule has 0 heteroatoms. The molecule has 0 aliphatic heterocycles. The lowest BCUT2D eigenvalue weighted by Crippen LogP contribution is -1.91. The van der Waals surface area contributed by atoms with E-state index in [2.05, 4.69) is 111 Å². The minimum Gasteiger partial charge on any atom is -0.0587 e. The normalized spacial score (nSPS) is 10.8. The summed E-state index contributed by atoms with van der Waals surface area (Å²) >= 11 is 0. The highest BCUT2D eigenvalue weighted by atomic mass is 14.1. The molecule has 0 aromatic heterocycles. The molecule has 0 unspecified atom stereocenters. The van der Waals surface area contributed by atoms with Crippen molar-refractivity contribution in [1.82, 2.24) is 0 Å². The first kappa shape index (κ1) is 18.3. The van der Waals surface area contributed by atoms with Crippen molar-refractivity contribution in [3.8, 4) is 22.3 Å². The molecule has 28 heavy (non-hydrogen) atoms. The van der Waals surface area contributed by atoms with Gasteiger partial charge in [-0.05, 0) is 60.1 Å². The molecule has 0 aliphatic carbocycles. The van der Waals surface area contributed by atoms with E-state index in [0.29, 0.717) is 0 Å². The van der Waals surface area contributed by atoms with E-state index < -0.39 is 0 Å². The molecule has 0 saturated carbocycles. The minimum atomic E-state index is 1.07. The fourth-order valence-electron chi connectivity index (χ4n) is 3.51. The number of hydrogen-bond donors (Lipinski definition) is 0. The molecular formula is C28H26. The summed E-state index contributed by atoms with van der Waals surface area (Å²) in [6.07, 6.45) is 2.14. The van der Waals surface area contributed by atoms with Crippen molar-refractivity contribution in [3.63, 3.8) is 0 Å². The molecule has 0 spiro atoms. The summed E-state index contributed by atoms with van der Waals surface area (Å²) in [5, 5.41) is 0. The van der Waals surface area contributed by atoms with Crippen molar-refractivity contribution >= 4 is 0 Å². The number of hydrogen-bond acceptors (Lipinski definition) is 0. The predicted octanol–water partition coefficient (Wildman–Crippen LogP) is 7.42. The lowest BCUT2D eigenvalue weighted by molar-refractivity contribution is 0.961. The molecule has 0 N–H and O–H groups in total. The largest absolute Gasteiger partial charge is 0.0587 e. The Kier molecular flexibility index (Phi) is 5.39. The Bertz CT molecular complexity index is 930. The zero-order valence-electron chi connectivity index (χ0n) is 16.7. The predicted molar refractivity (Wildman–Crippen MR) is 121 cm³/mol. The summed E-state index contributed by atoms with van der Waals surface area (Å²) < 4.78 is 0. The van der Waals surface area contributed by atoms with Crippen LogP contribution in [-0.4, -0.2) is 0 Å². The average Bonchev–Trinajstić information content (AvgIpc) is 2.74. The van der Waals surface area contributed by atoms with E-state index in [4.69, 9.17) is 0 Å². The Morgan fingerprint density at radius 3 is 0.893 bits per heavy atom. The summed E-state index contributed by atoms with van der Waals surface area (Å²) in [4.78, 5) is 0. The molecule has 0 heterocycles. The van der Waals surface area contributed by atoms with Gasteiger partial charge in [-0.3, -0.25) is 0 Å². The molecular weight excluding hydrogens is 336 g/mol. The van der Waals surface area contributed by atoms with Crippen molar-refractivity contribution in [2.45, 2.75) is 26.7 Å². The first-order valence-electron chi connectivity index (χ1n) is 9.99. The molecule has 4 aromatic carbocycles. The maximum atomic E-state index is 2.26. The second-order valence-corrected chi connectivity index (χ2v) is 7.63. The molecule has 0 fully saturated rings. The molecule has 4 aromatic rings. The molecule has 0 nitrogen and oxygen atoms in total. The third-order valence-corrected chi connectivity index (χ3v) is 5.38. The second-order valence-electron chi connectivity index (χ2n) is 7.63. The maximum absolute atomic E-state index is 2.26. The van der Waals surface area contributed by atoms with Gasteiger partial charge in [0, 0.05) is 0 Å². The van der Waals surface area contributed by atoms with Gasteiger partial charge in [-0.1, -0.05) is 108 Å². The van der Waals surface area contributed by atoms with E-state index in [0.717, 1.165) is 12.8 Å². The van der Waals surface area contributed by atoms with Crippen LogP contribution in [0.4, 0.5) is 0 Å². The summed E-state index contributed by atoms with van der Waals surface area (Å²) in [7, 11) is 0. The maximum Gasteiger partial charge on any atom is -0.0184 e. The quantitative estimate of drug-likeness (QED) is 0.346. The van der Waals surface area contributed by atoms with Crippen LogP contribution in [0.3, 0.4) is 0 Å². The van der Waals surface area contributed by atoms with E-state index in [-0.39, 0.29) is 0 Å². The first-order valence-corrected chi connectivity index (χ1v) is 9.99.